The van der Waals surface area contributed by atoms with Crippen molar-refractivity contribution >= 4 is 28.9 Å². The Labute approximate surface area is 159 Å². The molecule has 7 nitrogen and oxygen atoms in total. The van der Waals surface area contributed by atoms with Crippen LogP contribution in [-0.2, 0) is 4.79 Å². The Morgan fingerprint density at radius 1 is 1.18 bits per heavy atom. The zero-order valence-corrected chi connectivity index (χ0v) is 14.8. The number of benzene rings is 1. The first-order chi connectivity index (χ1) is 13.5. The first kappa shape index (κ1) is 17.4. The van der Waals surface area contributed by atoms with Crippen molar-refractivity contribution in [2.24, 2.45) is 0 Å². The number of aliphatic carboxylic acids is 1. The zero-order chi connectivity index (χ0) is 19.7. The fourth-order valence-electron chi connectivity index (χ4n) is 2.95. The first-order valence-electron chi connectivity index (χ1n) is 8.48. The number of aromatic nitrogens is 3. The molecule has 0 radical (unpaired) electrons. The minimum absolute atomic E-state index is 0.240. The van der Waals surface area contributed by atoms with Gasteiger partial charge in [-0.15, -0.1) is 0 Å². The Morgan fingerprint density at radius 3 is 2.79 bits per heavy atom. The van der Waals surface area contributed by atoms with Crippen LogP contribution in [0.3, 0.4) is 0 Å². The summed E-state index contributed by atoms with van der Waals surface area (Å²) in [6.07, 6.45) is 5.92. The number of carboxylic acid groups (broad SMARTS) is 1. The second kappa shape index (κ2) is 6.96. The fraction of sp³-hybridized carbons (Fsp3) is 0.0476. The summed E-state index contributed by atoms with van der Waals surface area (Å²) in [5, 5.41) is 13.3. The van der Waals surface area contributed by atoms with E-state index in [-0.39, 0.29) is 11.5 Å². The number of rotatable bonds is 5. The highest BCUT2D eigenvalue weighted by Crippen LogP contribution is 2.27. The smallest absolute Gasteiger partial charge is 0.328 e. The third-order valence-electron chi connectivity index (χ3n) is 4.27. The number of pyridine rings is 1. The Morgan fingerprint density at radius 2 is 2.04 bits per heavy atom. The molecule has 4 rings (SSSR count). The van der Waals surface area contributed by atoms with Gasteiger partial charge < -0.3 is 14.6 Å². The molecule has 0 saturated heterocycles. The van der Waals surface area contributed by atoms with Crippen LogP contribution in [0.2, 0.25) is 0 Å². The average molecular weight is 373 g/mol. The van der Waals surface area contributed by atoms with Crippen LogP contribution in [0.15, 0.2) is 59.4 Å². The van der Waals surface area contributed by atoms with Crippen molar-refractivity contribution < 1.29 is 19.2 Å². The number of aromatic amines is 1. The molecule has 0 unspecified atom stereocenters. The molecular weight excluding hydrogens is 358 g/mol. The standard InChI is InChI=1S/C21H15N3O4/c1-12-7-18(24-28-12)20(27)17-11-23-21-16(17)9-15(10-22-21)14-4-2-3-13(8-14)5-6-19(25)26/h2-11H,1H3,(H,22,23)(H,25,26)/b6-5+. The summed E-state index contributed by atoms with van der Waals surface area (Å²) in [6, 6.07) is 10.9. The third-order valence-corrected chi connectivity index (χ3v) is 4.27. The van der Waals surface area contributed by atoms with E-state index in [1.165, 1.54) is 6.08 Å². The van der Waals surface area contributed by atoms with Crippen LogP contribution >= 0.6 is 0 Å². The summed E-state index contributed by atoms with van der Waals surface area (Å²) >= 11 is 0. The Bertz CT molecular complexity index is 1230. The Balaban J connectivity index is 1.75. The number of hydrogen-bond donors (Lipinski definition) is 2. The van der Waals surface area contributed by atoms with Crippen LogP contribution < -0.4 is 0 Å². The van der Waals surface area contributed by atoms with Gasteiger partial charge in [0.05, 0.1) is 5.56 Å². The summed E-state index contributed by atoms with van der Waals surface area (Å²) < 4.78 is 5.00. The van der Waals surface area contributed by atoms with Crippen molar-refractivity contribution in [3.63, 3.8) is 0 Å². The van der Waals surface area contributed by atoms with Crippen LogP contribution in [0.25, 0.3) is 28.2 Å². The highest BCUT2D eigenvalue weighted by Gasteiger charge is 2.18. The molecule has 0 spiro atoms. The number of fused-ring (bicyclic) bond motifs is 1. The lowest BCUT2D eigenvalue weighted by atomic mass is 10.0. The van der Waals surface area contributed by atoms with E-state index < -0.39 is 5.97 Å². The van der Waals surface area contributed by atoms with Crippen LogP contribution in [0, 0.1) is 6.92 Å². The van der Waals surface area contributed by atoms with Crippen molar-refractivity contribution in [2.45, 2.75) is 6.92 Å². The van der Waals surface area contributed by atoms with Crippen molar-refractivity contribution in [1.29, 1.82) is 0 Å². The lowest BCUT2D eigenvalue weighted by molar-refractivity contribution is -0.131. The minimum atomic E-state index is -1.01. The summed E-state index contributed by atoms with van der Waals surface area (Å²) in [5.41, 5.74) is 3.71. The van der Waals surface area contributed by atoms with E-state index >= 15 is 0 Å². The van der Waals surface area contributed by atoms with E-state index in [1.54, 1.807) is 25.4 Å². The maximum Gasteiger partial charge on any atom is 0.328 e. The largest absolute Gasteiger partial charge is 0.478 e. The predicted molar refractivity (Wildman–Crippen MR) is 103 cm³/mol. The second-order valence-electron chi connectivity index (χ2n) is 6.27. The number of ketones is 1. The summed E-state index contributed by atoms with van der Waals surface area (Å²) in [7, 11) is 0. The van der Waals surface area contributed by atoms with Crippen molar-refractivity contribution in [3.8, 4) is 11.1 Å². The van der Waals surface area contributed by atoms with Crippen LogP contribution in [0.4, 0.5) is 0 Å². The number of carbonyl (C=O) groups is 2. The summed E-state index contributed by atoms with van der Waals surface area (Å²) in [5.74, 6) is -0.694. The van der Waals surface area contributed by atoms with Crippen molar-refractivity contribution in [3.05, 3.63) is 77.4 Å². The molecule has 0 bridgehead atoms. The maximum absolute atomic E-state index is 12.8. The van der Waals surface area contributed by atoms with Gasteiger partial charge in [0.25, 0.3) is 0 Å². The lowest BCUT2D eigenvalue weighted by Gasteiger charge is -2.04. The van der Waals surface area contributed by atoms with Gasteiger partial charge in [0, 0.05) is 35.5 Å². The Hall–Kier alpha value is -4.00. The van der Waals surface area contributed by atoms with Gasteiger partial charge in [0.15, 0.2) is 5.69 Å². The molecule has 1 aromatic carbocycles. The van der Waals surface area contributed by atoms with E-state index in [9.17, 15) is 9.59 Å². The molecule has 3 heterocycles. The van der Waals surface area contributed by atoms with Gasteiger partial charge in [-0.2, -0.15) is 0 Å². The maximum atomic E-state index is 12.8. The van der Waals surface area contributed by atoms with Gasteiger partial charge in [0.2, 0.25) is 5.78 Å². The van der Waals surface area contributed by atoms with Crippen molar-refractivity contribution in [1.82, 2.24) is 15.1 Å². The third kappa shape index (κ3) is 3.33. The molecule has 3 aromatic heterocycles. The highest BCUT2D eigenvalue weighted by atomic mass is 16.5. The van der Waals surface area contributed by atoms with Crippen LogP contribution in [0.5, 0.6) is 0 Å². The molecule has 0 saturated carbocycles. The molecule has 0 aliphatic heterocycles. The highest BCUT2D eigenvalue weighted by molar-refractivity contribution is 6.15. The number of hydrogen-bond acceptors (Lipinski definition) is 5. The quantitative estimate of drug-likeness (QED) is 0.406. The number of carboxylic acids is 1. The monoisotopic (exact) mass is 373 g/mol. The molecule has 138 valence electrons. The van der Waals surface area contributed by atoms with E-state index in [4.69, 9.17) is 9.63 Å². The fourth-order valence-corrected chi connectivity index (χ4v) is 2.95. The number of nitrogens with zero attached hydrogens (tertiary/aromatic N) is 2. The van der Waals surface area contributed by atoms with Gasteiger partial charge >= 0.3 is 5.97 Å². The lowest BCUT2D eigenvalue weighted by Crippen LogP contribution is -2.00. The molecule has 0 aliphatic carbocycles. The number of carbonyl (C=O) groups excluding carboxylic acids is 1. The molecule has 0 atom stereocenters. The van der Waals surface area contributed by atoms with Crippen LogP contribution in [0.1, 0.15) is 27.4 Å². The Kier molecular flexibility index (Phi) is 4.33. The van der Waals surface area contributed by atoms with Gasteiger partial charge in [0.1, 0.15) is 11.4 Å². The van der Waals surface area contributed by atoms with E-state index in [1.807, 2.05) is 30.3 Å². The van der Waals surface area contributed by atoms with E-state index in [0.717, 1.165) is 22.8 Å². The van der Waals surface area contributed by atoms with Gasteiger partial charge in [-0.1, -0.05) is 23.4 Å². The zero-order valence-electron chi connectivity index (χ0n) is 14.8. The first-order valence-corrected chi connectivity index (χ1v) is 8.48. The van der Waals surface area contributed by atoms with Gasteiger partial charge in [-0.25, -0.2) is 9.78 Å². The summed E-state index contributed by atoms with van der Waals surface area (Å²) in [6.45, 7) is 1.73. The predicted octanol–water partition coefficient (Wildman–Crippen LogP) is 3.86. The normalized spacial score (nSPS) is 11.3. The number of aryl methyl sites for hydroxylation is 1. The molecule has 28 heavy (non-hydrogen) atoms. The molecule has 4 aromatic rings. The molecule has 7 heteroatoms. The number of nitrogens with one attached hydrogen (secondary N) is 1. The van der Waals surface area contributed by atoms with Gasteiger partial charge in [-0.05, 0) is 36.3 Å². The average Bonchev–Trinajstić information content (AvgIpc) is 3.32. The van der Waals surface area contributed by atoms with E-state index in [0.29, 0.717) is 22.4 Å². The van der Waals surface area contributed by atoms with Crippen LogP contribution in [-0.4, -0.2) is 32.0 Å². The summed E-state index contributed by atoms with van der Waals surface area (Å²) in [4.78, 5) is 30.9. The topological polar surface area (TPSA) is 109 Å². The molecule has 0 aliphatic rings. The molecular formula is C21H15N3O4. The van der Waals surface area contributed by atoms with Gasteiger partial charge in [-0.3, -0.25) is 4.79 Å². The SMILES string of the molecule is Cc1cc(C(=O)c2c[nH]c3ncc(-c4cccc(/C=C/C(=O)O)c4)cc23)no1. The minimum Gasteiger partial charge on any atom is -0.478 e. The van der Waals surface area contributed by atoms with E-state index in [2.05, 4.69) is 15.1 Å². The van der Waals surface area contributed by atoms with Crippen molar-refractivity contribution in [2.75, 3.05) is 0 Å². The second-order valence-corrected chi connectivity index (χ2v) is 6.27. The molecule has 0 amide bonds. The molecule has 2 N–H and O–H groups in total. The number of H-pyrrole nitrogens is 1. The molecule has 0 fully saturated rings.